The topological polar surface area (TPSA) is 108 Å². The summed E-state index contributed by atoms with van der Waals surface area (Å²) >= 11 is 1.27. The van der Waals surface area contributed by atoms with Crippen LogP contribution in [0, 0.1) is 20.8 Å². The van der Waals surface area contributed by atoms with Gasteiger partial charge in [0, 0.05) is 38.3 Å². The molecule has 0 aliphatic carbocycles. The molecule has 0 radical (unpaired) electrons. The van der Waals surface area contributed by atoms with Gasteiger partial charge in [-0.15, -0.1) is 0 Å². The minimum atomic E-state index is -0.183. The maximum Gasteiger partial charge on any atom is 0.267 e. The van der Waals surface area contributed by atoms with Crippen LogP contribution in [-0.4, -0.2) is 52.0 Å². The number of rotatable bonds is 6. The number of aryl methyl sites for hydroxylation is 4. The first-order chi connectivity index (χ1) is 15.4. The van der Waals surface area contributed by atoms with Crippen LogP contribution >= 0.6 is 11.3 Å². The van der Waals surface area contributed by atoms with Gasteiger partial charge in [0.1, 0.15) is 10.7 Å². The molecule has 3 heterocycles. The SMILES string of the molecule is CCc1nc(Nc2ncc(C(=O)Nc3c(C)cc(C)cc3C)s2)nc(N2CCNCC2)n1. The number of anilines is 4. The molecule has 1 aliphatic rings. The van der Waals surface area contributed by atoms with E-state index in [2.05, 4.69) is 52.9 Å². The Bertz CT molecular complexity index is 1100. The fourth-order valence-electron chi connectivity index (χ4n) is 3.71. The Hall–Kier alpha value is -3.11. The average Bonchev–Trinajstić information content (AvgIpc) is 3.25. The van der Waals surface area contributed by atoms with Crippen LogP contribution in [0.15, 0.2) is 18.3 Å². The number of aromatic nitrogens is 4. The van der Waals surface area contributed by atoms with Crippen LogP contribution < -0.4 is 20.9 Å². The highest BCUT2D eigenvalue weighted by molar-refractivity contribution is 7.17. The van der Waals surface area contributed by atoms with E-state index < -0.39 is 0 Å². The van der Waals surface area contributed by atoms with E-state index in [1.54, 1.807) is 6.20 Å². The van der Waals surface area contributed by atoms with Crippen molar-refractivity contribution >= 4 is 40.0 Å². The van der Waals surface area contributed by atoms with Gasteiger partial charge in [0.25, 0.3) is 5.91 Å². The molecular formula is C22H28N8OS. The standard InChI is InChI=1S/C22H28N8OS/c1-5-17-25-20(28-21(26-17)30-8-6-23-7-9-30)29-22-24-12-16(32-22)19(31)27-18-14(3)10-13(2)11-15(18)4/h10-12,23H,5-9H2,1-4H3,(H,27,31)(H,24,25,26,28,29). The summed E-state index contributed by atoms with van der Waals surface area (Å²) in [7, 11) is 0. The zero-order valence-corrected chi connectivity index (χ0v) is 19.6. The zero-order valence-electron chi connectivity index (χ0n) is 18.8. The number of amides is 1. The molecule has 0 unspecified atom stereocenters. The van der Waals surface area contributed by atoms with Crippen LogP contribution in [0.4, 0.5) is 22.7 Å². The molecular weight excluding hydrogens is 424 g/mol. The number of nitrogens with one attached hydrogen (secondary N) is 3. The molecule has 32 heavy (non-hydrogen) atoms. The van der Waals surface area contributed by atoms with Crippen molar-refractivity contribution in [2.75, 3.05) is 41.7 Å². The highest BCUT2D eigenvalue weighted by atomic mass is 32.1. The largest absolute Gasteiger partial charge is 0.338 e. The monoisotopic (exact) mass is 452 g/mol. The molecule has 1 aliphatic heterocycles. The van der Waals surface area contributed by atoms with Gasteiger partial charge in [0.15, 0.2) is 5.13 Å². The van der Waals surface area contributed by atoms with Crippen molar-refractivity contribution in [1.82, 2.24) is 25.3 Å². The molecule has 3 N–H and O–H groups in total. The molecule has 0 atom stereocenters. The highest BCUT2D eigenvalue weighted by Crippen LogP contribution is 2.26. The second-order valence-electron chi connectivity index (χ2n) is 7.85. The van der Waals surface area contributed by atoms with Crippen LogP contribution in [-0.2, 0) is 6.42 Å². The van der Waals surface area contributed by atoms with Gasteiger partial charge in [0.2, 0.25) is 11.9 Å². The van der Waals surface area contributed by atoms with E-state index in [0.29, 0.717) is 28.3 Å². The Morgan fingerprint density at radius 1 is 1.12 bits per heavy atom. The summed E-state index contributed by atoms with van der Waals surface area (Å²) in [4.78, 5) is 33.5. The van der Waals surface area contributed by atoms with E-state index in [0.717, 1.165) is 48.8 Å². The van der Waals surface area contributed by atoms with Crippen molar-refractivity contribution in [3.63, 3.8) is 0 Å². The first-order valence-corrected chi connectivity index (χ1v) is 11.6. The maximum absolute atomic E-state index is 12.8. The van der Waals surface area contributed by atoms with Crippen LogP contribution in [0.5, 0.6) is 0 Å². The lowest BCUT2D eigenvalue weighted by atomic mass is 10.1. The molecule has 0 saturated carbocycles. The molecule has 1 fully saturated rings. The van der Waals surface area contributed by atoms with E-state index in [9.17, 15) is 4.79 Å². The van der Waals surface area contributed by atoms with E-state index in [1.165, 1.54) is 16.9 Å². The van der Waals surface area contributed by atoms with E-state index in [4.69, 9.17) is 0 Å². The third-order valence-corrected chi connectivity index (χ3v) is 6.16. The van der Waals surface area contributed by atoms with Crippen molar-refractivity contribution in [2.45, 2.75) is 34.1 Å². The van der Waals surface area contributed by atoms with Crippen molar-refractivity contribution in [3.8, 4) is 0 Å². The van der Waals surface area contributed by atoms with E-state index in [1.807, 2.05) is 27.7 Å². The fourth-order valence-corrected chi connectivity index (χ4v) is 4.42. The summed E-state index contributed by atoms with van der Waals surface area (Å²) in [6.07, 6.45) is 2.28. The molecule has 0 spiro atoms. The van der Waals surface area contributed by atoms with E-state index in [-0.39, 0.29) is 5.91 Å². The number of piperazine rings is 1. The molecule has 1 aromatic carbocycles. The maximum atomic E-state index is 12.8. The Labute approximate surface area is 191 Å². The van der Waals surface area contributed by atoms with Gasteiger partial charge in [-0.3, -0.25) is 10.1 Å². The van der Waals surface area contributed by atoms with Crippen molar-refractivity contribution in [3.05, 3.63) is 45.7 Å². The molecule has 0 bridgehead atoms. The number of hydrogen-bond acceptors (Lipinski definition) is 9. The molecule has 2 aromatic heterocycles. The molecule has 10 heteroatoms. The Balaban J connectivity index is 1.50. The third kappa shape index (κ3) is 5.03. The van der Waals surface area contributed by atoms with E-state index >= 15 is 0 Å². The predicted molar refractivity (Wildman–Crippen MR) is 128 cm³/mol. The van der Waals surface area contributed by atoms with Gasteiger partial charge >= 0.3 is 0 Å². The second kappa shape index (κ2) is 9.58. The summed E-state index contributed by atoms with van der Waals surface area (Å²) in [5.74, 6) is 1.64. The zero-order chi connectivity index (χ0) is 22.7. The number of carbonyl (C=O) groups is 1. The lowest BCUT2D eigenvalue weighted by molar-refractivity contribution is 0.103. The van der Waals surface area contributed by atoms with Crippen molar-refractivity contribution in [2.24, 2.45) is 0 Å². The first kappa shape index (κ1) is 22.1. The first-order valence-electron chi connectivity index (χ1n) is 10.8. The summed E-state index contributed by atoms with van der Waals surface area (Å²) in [5, 5.41) is 10.1. The van der Waals surface area contributed by atoms with Gasteiger partial charge in [-0.1, -0.05) is 36.0 Å². The molecule has 1 amide bonds. The minimum Gasteiger partial charge on any atom is -0.338 e. The number of nitrogens with zero attached hydrogens (tertiary/aromatic N) is 5. The lowest BCUT2D eigenvalue weighted by Crippen LogP contribution is -2.44. The Morgan fingerprint density at radius 2 is 1.84 bits per heavy atom. The number of thiazole rings is 1. The normalized spacial score (nSPS) is 13.8. The van der Waals surface area contributed by atoms with Crippen molar-refractivity contribution in [1.29, 1.82) is 0 Å². The predicted octanol–water partition coefficient (Wildman–Crippen LogP) is 3.22. The van der Waals surface area contributed by atoms with Crippen LogP contribution in [0.3, 0.4) is 0 Å². The van der Waals surface area contributed by atoms with Crippen molar-refractivity contribution < 1.29 is 4.79 Å². The molecule has 168 valence electrons. The summed E-state index contributed by atoms with van der Waals surface area (Å²) in [5.41, 5.74) is 4.09. The second-order valence-corrected chi connectivity index (χ2v) is 8.88. The van der Waals surface area contributed by atoms with Crippen LogP contribution in [0.1, 0.15) is 39.1 Å². The smallest absolute Gasteiger partial charge is 0.267 e. The summed E-state index contributed by atoms with van der Waals surface area (Å²) in [6.45, 7) is 11.6. The average molecular weight is 453 g/mol. The lowest BCUT2D eigenvalue weighted by Gasteiger charge is -2.27. The Morgan fingerprint density at radius 3 is 2.53 bits per heavy atom. The van der Waals surface area contributed by atoms with Gasteiger partial charge < -0.3 is 15.5 Å². The quantitative estimate of drug-likeness (QED) is 0.523. The molecule has 1 saturated heterocycles. The number of hydrogen-bond donors (Lipinski definition) is 3. The molecule has 4 rings (SSSR count). The number of carbonyl (C=O) groups excluding carboxylic acids is 1. The Kier molecular flexibility index (Phi) is 6.61. The van der Waals surface area contributed by atoms with Crippen LogP contribution in [0.25, 0.3) is 0 Å². The highest BCUT2D eigenvalue weighted by Gasteiger charge is 2.18. The third-order valence-electron chi connectivity index (χ3n) is 5.25. The fraction of sp³-hybridized carbons (Fsp3) is 0.409. The van der Waals surface area contributed by atoms with Gasteiger partial charge in [-0.25, -0.2) is 4.98 Å². The summed E-state index contributed by atoms with van der Waals surface area (Å²) < 4.78 is 0. The van der Waals surface area contributed by atoms with Gasteiger partial charge in [-0.2, -0.15) is 15.0 Å². The molecule has 3 aromatic rings. The minimum absolute atomic E-state index is 0.183. The van der Waals surface area contributed by atoms with Gasteiger partial charge in [0.05, 0.1) is 6.20 Å². The summed E-state index contributed by atoms with van der Waals surface area (Å²) in [6, 6.07) is 4.12. The van der Waals surface area contributed by atoms with Gasteiger partial charge in [-0.05, 0) is 31.9 Å². The number of benzene rings is 1. The van der Waals surface area contributed by atoms with Crippen LogP contribution in [0.2, 0.25) is 0 Å². The molecule has 9 nitrogen and oxygen atoms in total.